The zero-order valence-corrected chi connectivity index (χ0v) is 19.7. The molecule has 4 rings (SSSR count). The van der Waals surface area contributed by atoms with Gasteiger partial charge in [-0.3, -0.25) is 9.59 Å². The van der Waals surface area contributed by atoms with E-state index in [-0.39, 0.29) is 23.9 Å². The molecule has 0 aliphatic heterocycles. The number of carboxylic acids is 1. The summed E-state index contributed by atoms with van der Waals surface area (Å²) in [5.74, 6) is -0.394. The molecule has 2 aromatic heterocycles. The van der Waals surface area contributed by atoms with Crippen LogP contribution in [0.3, 0.4) is 0 Å². The lowest BCUT2D eigenvalue weighted by atomic mass is 9.87. The molecule has 180 valence electrons. The van der Waals surface area contributed by atoms with E-state index in [1.54, 1.807) is 24.4 Å². The van der Waals surface area contributed by atoms with Gasteiger partial charge in [0.05, 0.1) is 28.5 Å². The Bertz CT molecular complexity index is 1100. The molecule has 12 heteroatoms. The Hall–Kier alpha value is -3.37. The summed E-state index contributed by atoms with van der Waals surface area (Å²) in [5, 5.41) is 22.7. The second kappa shape index (κ2) is 12.2. The molecule has 3 aromatic rings. The minimum atomic E-state index is -0.690. The van der Waals surface area contributed by atoms with Gasteiger partial charge in [-0.2, -0.15) is 0 Å². The van der Waals surface area contributed by atoms with Crippen LogP contribution in [0, 0.1) is 5.92 Å². The van der Waals surface area contributed by atoms with Crippen molar-refractivity contribution in [1.29, 1.82) is 0 Å². The molecule has 1 aliphatic carbocycles. The SMILES string of the molecule is CNc1ccc(OC2CCC(C(=O)O)CC2)nc1.O=Cc1nnc(Nc2ccc(Cl)cc2Cl)o1. The van der Waals surface area contributed by atoms with Gasteiger partial charge in [-0.15, -0.1) is 5.10 Å². The first-order valence-corrected chi connectivity index (χ1v) is 11.2. The van der Waals surface area contributed by atoms with Crippen LogP contribution in [-0.4, -0.2) is 45.7 Å². The van der Waals surface area contributed by atoms with Gasteiger partial charge < -0.3 is 24.9 Å². The Labute approximate surface area is 205 Å². The van der Waals surface area contributed by atoms with E-state index in [9.17, 15) is 9.59 Å². The summed E-state index contributed by atoms with van der Waals surface area (Å²) < 4.78 is 10.7. The Kier molecular flexibility index (Phi) is 9.06. The lowest BCUT2D eigenvalue weighted by molar-refractivity contribution is -0.143. The normalized spacial score (nSPS) is 17.1. The standard InChI is InChI=1S/C13H18N2O3.C9H5Cl2N3O2/c1-14-10-4-7-12(15-8-10)18-11-5-2-9(3-6-11)13(16)17;10-5-1-2-7(6(11)3-5)12-9-14-13-8(4-15)16-9/h4,7-9,11,14H,2-3,5-6H2,1H3,(H,16,17);1-4H,(H,12,14). The number of carbonyl (C=O) groups is 2. The number of nitrogens with one attached hydrogen (secondary N) is 2. The van der Waals surface area contributed by atoms with Gasteiger partial charge in [-0.05, 0) is 49.9 Å². The number of hydrogen-bond acceptors (Lipinski definition) is 9. The van der Waals surface area contributed by atoms with Crippen molar-refractivity contribution in [3.63, 3.8) is 0 Å². The molecule has 0 spiro atoms. The van der Waals surface area contributed by atoms with Gasteiger partial charge in [0, 0.05) is 18.1 Å². The number of ether oxygens (including phenoxy) is 1. The van der Waals surface area contributed by atoms with Crippen molar-refractivity contribution in [2.45, 2.75) is 31.8 Å². The summed E-state index contributed by atoms with van der Waals surface area (Å²) in [6.45, 7) is 0. The van der Waals surface area contributed by atoms with Crippen molar-refractivity contribution in [3.8, 4) is 5.88 Å². The first-order chi connectivity index (χ1) is 16.4. The van der Waals surface area contributed by atoms with Crippen LogP contribution in [0.5, 0.6) is 5.88 Å². The van der Waals surface area contributed by atoms with Crippen molar-refractivity contribution in [3.05, 3.63) is 52.5 Å². The summed E-state index contributed by atoms with van der Waals surface area (Å²) in [5.41, 5.74) is 1.50. The number of aliphatic carboxylic acids is 1. The summed E-state index contributed by atoms with van der Waals surface area (Å²) >= 11 is 11.7. The van der Waals surface area contributed by atoms with Gasteiger partial charge in [0.1, 0.15) is 6.10 Å². The highest BCUT2D eigenvalue weighted by molar-refractivity contribution is 6.36. The Balaban J connectivity index is 0.000000192. The van der Waals surface area contributed by atoms with Crippen LogP contribution in [0.15, 0.2) is 40.9 Å². The zero-order chi connectivity index (χ0) is 24.5. The van der Waals surface area contributed by atoms with Crippen molar-refractivity contribution >= 4 is 52.8 Å². The highest BCUT2D eigenvalue weighted by atomic mass is 35.5. The molecule has 0 bridgehead atoms. The number of pyridine rings is 1. The van der Waals surface area contributed by atoms with E-state index in [0.717, 1.165) is 18.5 Å². The highest BCUT2D eigenvalue weighted by Gasteiger charge is 2.27. The van der Waals surface area contributed by atoms with E-state index in [0.29, 0.717) is 40.7 Å². The molecule has 10 nitrogen and oxygen atoms in total. The Morgan fingerprint density at radius 3 is 2.50 bits per heavy atom. The zero-order valence-electron chi connectivity index (χ0n) is 18.2. The van der Waals surface area contributed by atoms with E-state index in [1.807, 2.05) is 19.2 Å². The van der Waals surface area contributed by atoms with E-state index >= 15 is 0 Å². The molecule has 1 aliphatic rings. The minimum Gasteiger partial charge on any atom is -0.481 e. The summed E-state index contributed by atoms with van der Waals surface area (Å²) in [6, 6.07) is 8.72. The van der Waals surface area contributed by atoms with E-state index in [1.165, 1.54) is 0 Å². The molecule has 0 radical (unpaired) electrons. The molecule has 34 heavy (non-hydrogen) atoms. The van der Waals surface area contributed by atoms with Gasteiger partial charge in [0.2, 0.25) is 12.2 Å². The van der Waals surface area contributed by atoms with Gasteiger partial charge in [-0.1, -0.05) is 28.3 Å². The molecule has 0 amide bonds. The second-order valence-corrected chi connectivity index (χ2v) is 8.22. The first-order valence-electron chi connectivity index (χ1n) is 10.4. The number of nitrogens with zero attached hydrogens (tertiary/aromatic N) is 3. The molecule has 1 aromatic carbocycles. The van der Waals surface area contributed by atoms with Crippen LogP contribution >= 0.6 is 23.2 Å². The molecular formula is C22H23Cl2N5O5. The maximum atomic E-state index is 10.8. The lowest BCUT2D eigenvalue weighted by Crippen LogP contribution is -2.28. The second-order valence-electron chi connectivity index (χ2n) is 7.38. The molecule has 0 atom stereocenters. The fraction of sp³-hybridized carbons (Fsp3) is 0.318. The topological polar surface area (TPSA) is 139 Å². The molecule has 0 saturated heterocycles. The number of carboxylic acid groups (broad SMARTS) is 1. The number of anilines is 3. The number of hydrogen-bond donors (Lipinski definition) is 3. The van der Waals surface area contributed by atoms with Crippen LogP contribution in [0.25, 0.3) is 0 Å². The van der Waals surface area contributed by atoms with Gasteiger partial charge >= 0.3 is 12.0 Å². The highest BCUT2D eigenvalue weighted by Crippen LogP contribution is 2.28. The first kappa shape index (κ1) is 25.3. The average molecular weight is 508 g/mol. The molecule has 1 fully saturated rings. The van der Waals surface area contributed by atoms with Crippen molar-refractivity contribution in [2.75, 3.05) is 17.7 Å². The fourth-order valence-corrected chi connectivity index (χ4v) is 3.69. The predicted molar refractivity (Wildman–Crippen MR) is 127 cm³/mol. The van der Waals surface area contributed by atoms with Crippen LogP contribution in [0.2, 0.25) is 10.0 Å². The maximum Gasteiger partial charge on any atom is 0.320 e. The quantitative estimate of drug-likeness (QED) is 0.370. The van der Waals surface area contributed by atoms with Crippen molar-refractivity contribution < 1.29 is 23.8 Å². The Morgan fingerprint density at radius 1 is 1.18 bits per heavy atom. The van der Waals surface area contributed by atoms with Gasteiger partial charge in [-0.25, -0.2) is 4.98 Å². The summed E-state index contributed by atoms with van der Waals surface area (Å²) in [6.07, 6.45) is 5.22. The monoisotopic (exact) mass is 507 g/mol. The number of rotatable bonds is 7. The molecular weight excluding hydrogens is 485 g/mol. The third-order valence-corrected chi connectivity index (χ3v) is 5.60. The molecule has 3 N–H and O–H groups in total. The van der Waals surface area contributed by atoms with Crippen molar-refractivity contribution in [2.24, 2.45) is 5.92 Å². The Morgan fingerprint density at radius 2 is 1.94 bits per heavy atom. The van der Waals surface area contributed by atoms with E-state index in [4.69, 9.17) is 37.5 Å². The number of aromatic nitrogens is 3. The minimum absolute atomic E-state index is 0.0892. The number of aldehydes is 1. The van der Waals surface area contributed by atoms with Crippen LogP contribution in [0.4, 0.5) is 17.4 Å². The third-order valence-electron chi connectivity index (χ3n) is 5.05. The third kappa shape index (κ3) is 7.32. The van der Waals surface area contributed by atoms with E-state index in [2.05, 4.69) is 25.8 Å². The van der Waals surface area contributed by atoms with Gasteiger partial charge in [0.15, 0.2) is 0 Å². The van der Waals surface area contributed by atoms with Crippen LogP contribution in [0.1, 0.15) is 36.4 Å². The largest absolute Gasteiger partial charge is 0.481 e. The number of carbonyl (C=O) groups excluding carboxylic acids is 1. The number of benzene rings is 1. The molecule has 1 saturated carbocycles. The summed E-state index contributed by atoms with van der Waals surface area (Å²) in [4.78, 5) is 25.3. The predicted octanol–water partition coefficient (Wildman–Crippen LogP) is 5.08. The molecule has 2 heterocycles. The maximum absolute atomic E-state index is 10.8. The van der Waals surface area contributed by atoms with Gasteiger partial charge in [0.25, 0.3) is 5.89 Å². The average Bonchev–Trinajstić information content (AvgIpc) is 3.30. The smallest absolute Gasteiger partial charge is 0.320 e. The number of halogens is 2. The summed E-state index contributed by atoms with van der Waals surface area (Å²) in [7, 11) is 1.84. The van der Waals surface area contributed by atoms with Crippen molar-refractivity contribution in [1.82, 2.24) is 15.2 Å². The molecule has 0 unspecified atom stereocenters. The fourth-order valence-electron chi connectivity index (χ4n) is 3.24. The lowest BCUT2D eigenvalue weighted by Gasteiger charge is -2.26. The van der Waals surface area contributed by atoms with Crippen LogP contribution in [-0.2, 0) is 4.79 Å². The van der Waals surface area contributed by atoms with Crippen LogP contribution < -0.4 is 15.4 Å². The van der Waals surface area contributed by atoms with E-state index < -0.39 is 5.97 Å².